The summed E-state index contributed by atoms with van der Waals surface area (Å²) >= 11 is 0. The van der Waals surface area contributed by atoms with Gasteiger partial charge in [-0.25, -0.2) is 0 Å². The Morgan fingerprint density at radius 1 is 1.36 bits per heavy atom. The molecule has 1 fully saturated rings. The Balaban J connectivity index is 2.16. The zero-order chi connectivity index (χ0) is 8.10. The Hall–Kier alpha value is -0.700. The second-order valence-corrected chi connectivity index (χ2v) is 2.84. The van der Waals surface area contributed by atoms with Crippen molar-refractivity contribution in [3.8, 4) is 0 Å². The number of carbonyl (C=O) groups excluding carboxylic acids is 2. The lowest BCUT2D eigenvalue weighted by atomic mass is 10.1. The summed E-state index contributed by atoms with van der Waals surface area (Å²) in [5, 5.41) is 0. The SMILES string of the molecule is O=CCCN1CCC(=O)CC1. The predicted molar refractivity (Wildman–Crippen MR) is 41.4 cm³/mol. The molecule has 0 radical (unpaired) electrons. The number of piperidine rings is 1. The molecule has 0 aromatic rings. The molecule has 1 aliphatic heterocycles. The minimum Gasteiger partial charge on any atom is -0.303 e. The van der Waals surface area contributed by atoms with E-state index in [9.17, 15) is 9.59 Å². The van der Waals surface area contributed by atoms with E-state index in [0.29, 0.717) is 25.0 Å². The Kier molecular flexibility index (Phi) is 3.23. The molecule has 0 aromatic heterocycles. The van der Waals surface area contributed by atoms with Gasteiger partial charge >= 0.3 is 0 Å². The van der Waals surface area contributed by atoms with Crippen LogP contribution in [0.3, 0.4) is 0 Å². The highest BCUT2D eigenvalue weighted by atomic mass is 16.1. The Morgan fingerprint density at radius 2 is 2.00 bits per heavy atom. The van der Waals surface area contributed by atoms with Crippen molar-refractivity contribution in [2.45, 2.75) is 19.3 Å². The number of carbonyl (C=O) groups is 2. The molecule has 1 rings (SSSR count). The summed E-state index contributed by atoms with van der Waals surface area (Å²) in [6, 6.07) is 0. The molecule has 0 bridgehead atoms. The summed E-state index contributed by atoms with van der Waals surface area (Å²) < 4.78 is 0. The summed E-state index contributed by atoms with van der Waals surface area (Å²) in [5.74, 6) is 0.354. The van der Waals surface area contributed by atoms with E-state index < -0.39 is 0 Å². The van der Waals surface area contributed by atoms with Crippen LogP contribution in [0, 0.1) is 0 Å². The van der Waals surface area contributed by atoms with E-state index in [4.69, 9.17) is 0 Å². The van der Waals surface area contributed by atoms with Gasteiger partial charge in [0, 0.05) is 38.9 Å². The molecule has 3 heteroatoms. The Labute approximate surface area is 66.4 Å². The van der Waals surface area contributed by atoms with E-state index in [1.165, 1.54) is 0 Å². The summed E-state index contributed by atoms with van der Waals surface area (Å²) in [6.45, 7) is 2.50. The average molecular weight is 155 g/mol. The van der Waals surface area contributed by atoms with Crippen LogP contribution in [0.2, 0.25) is 0 Å². The first-order chi connectivity index (χ1) is 5.33. The van der Waals surface area contributed by atoms with Crippen LogP contribution in [0.5, 0.6) is 0 Å². The van der Waals surface area contributed by atoms with Gasteiger partial charge in [-0.05, 0) is 0 Å². The lowest BCUT2D eigenvalue weighted by molar-refractivity contribution is -0.121. The van der Waals surface area contributed by atoms with Gasteiger partial charge in [0.2, 0.25) is 0 Å². The maximum Gasteiger partial charge on any atom is 0.135 e. The van der Waals surface area contributed by atoms with E-state index in [1.807, 2.05) is 0 Å². The third-order valence-electron chi connectivity index (χ3n) is 1.98. The van der Waals surface area contributed by atoms with E-state index in [2.05, 4.69) is 4.90 Å². The molecular weight excluding hydrogens is 142 g/mol. The number of Topliss-reactive ketones (excluding diaryl/α,β-unsaturated/α-hetero) is 1. The molecule has 0 amide bonds. The molecular formula is C8H13NO2. The monoisotopic (exact) mass is 155 g/mol. The standard InChI is InChI=1S/C8H13NO2/c10-7-1-4-9-5-2-8(11)3-6-9/h7H,1-6H2. The maximum absolute atomic E-state index is 10.8. The maximum atomic E-state index is 10.8. The van der Waals surface area contributed by atoms with Crippen molar-refractivity contribution in [3.63, 3.8) is 0 Å². The van der Waals surface area contributed by atoms with Crippen LogP contribution in [0.25, 0.3) is 0 Å². The number of rotatable bonds is 3. The summed E-state index contributed by atoms with van der Waals surface area (Å²) in [5.41, 5.74) is 0. The zero-order valence-electron chi connectivity index (χ0n) is 6.58. The summed E-state index contributed by atoms with van der Waals surface area (Å²) in [4.78, 5) is 23.0. The van der Waals surface area contributed by atoms with Crippen LogP contribution in [0.1, 0.15) is 19.3 Å². The minimum absolute atomic E-state index is 0.354. The third kappa shape index (κ3) is 2.80. The van der Waals surface area contributed by atoms with E-state index in [-0.39, 0.29) is 0 Å². The number of hydrogen-bond donors (Lipinski definition) is 0. The summed E-state index contributed by atoms with van der Waals surface area (Å²) in [7, 11) is 0. The molecule has 0 saturated carbocycles. The molecule has 0 N–H and O–H groups in total. The highest BCUT2D eigenvalue weighted by Gasteiger charge is 2.14. The molecule has 0 aromatic carbocycles. The first-order valence-electron chi connectivity index (χ1n) is 4.00. The van der Waals surface area contributed by atoms with Crippen molar-refractivity contribution >= 4 is 12.1 Å². The van der Waals surface area contributed by atoms with Gasteiger partial charge < -0.3 is 9.69 Å². The zero-order valence-corrected chi connectivity index (χ0v) is 6.58. The van der Waals surface area contributed by atoms with Crippen LogP contribution in [-0.4, -0.2) is 36.6 Å². The van der Waals surface area contributed by atoms with Gasteiger partial charge in [-0.1, -0.05) is 0 Å². The van der Waals surface area contributed by atoms with Gasteiger partial charge in [-0.3, -0.25) is 4.79 Å². The Bertz CT molecular complexity index is 143. The van der Waals surface area contributed by atoms with Crippen LogP contribution in [0.15, 0.2) is 0 Å². The largest absolute Gasteiger partial charge is 0.303 e. The van der Waals surface area contributed by atoms with Gasteiger partial charge in [0.15, 0.2) is 0 Å². The first-order valence-corrected chi connectivity index (χ1v) is 4.00. The smallest absolute Gasteiger partial charge is 0.135 e. The van der Waals surface area contributed by atoms with Crippen LogP contribution in [-0.2, 0) is 9.59 Å². The van der Waals surface area contributed by atoms with Crippen LogP contribution < -0.4 is 0 Å². The van der Waals surface area contributed by atoms with Gasteiger partial charge in [-0.15, -0.1) is 0 Å². The molecule has 62 valence electrons. The second-order valence-electron chi connectivity index (χ2n) is 2.84. The number of likely N-dealkylation sites (tertiary alicyclic amines) is 1. The van der Waals surface area contributed by atoms with E-state index >= 15 is 0 Å². The van der Waals surface area contributed by atoms with Crippen molar-refractivity contribution in [1.82, 2.24) is 4.90 Å². The van der Waals surface area contributed by atoms with Gasteiger partial charge in [-0.2, -0.15) is 0 Å². The predicted octanol–water partition coefficient (Wildman–Crippen LogP) is 0.240. The third-order valence-corrected chi connectivity index (χ3v) is 1.98. The molecule has 1 heterocycles. The molecule has 11 heavy (non-hydrogen) atoms. The molecule has 0 spiro atoms. The molecule has 1 saturated heterocycles. The fourth-order valence-corrected chi connectivity index (χ4v) is 1.26. The summed E-state index contributed by atoms with van der Waals surface area (Å²) in [6.07, 6.45) is 2.85. The number of aldehydes is 1. The van der Waals surface area contributed by atoms with E-state index in [1.54, 1.807) is 0 Å². The molecule has 1 aliphatic rings. The van der Waals surface area contributed by atoms with Crippen molar-refractivity contribution < 1.29 is 9.59 Å². The van der Waals surface area contributed by atoms with Crippen molar-refractivity contribution in [3.05, 3.63) is 0 Å². The Morgan fingerprint density at radius 3 is 2.55 bits per heavy atom. The fraction of sp³-hybridized carbons (Fsp3) is 0.750. The lowest BCUT2D eigenvalue weighted by Crippen LogP contribution is -2.34. The van der Waals surface area contributed by atoms with Crippen molar-refractivity contribution in [2.24, 2.45) is 0 Å². The molecule has 3 nitrogen and oxygen atoms in total. The molecule has 0 atom stereocenters. The highest BCUT2D eigenvalue weighted by Crippen LogP contribution is 2.04. The van der Waals surface area contributed by atoms with E-state index in [0.717, 1.165) is 25.9 Å². The molecule has 0 unspecified atom stereocenters. The van der Waals surface area contributed by atoms with Gasteiger partial charge in [0.05, 0.1) is 0 Å². The van der Waals surface area contributed by atoms with Crippen LogP contribution in [0.4, 0.5) is 0 Å². The molecule has 0 aliphatic carbocycles. The average Bonchev–Trinajstić information content (AvgIpc) is 2.04. The normalized spacial score (nSPS) is 20.2. The number of ketones is 1. The highest BCUT2D eigenvalue weighted by molar-refractivity contribution is 5.79. The first kappa shape index (κ1) is 8.40. The quantitative estimate of drug-likeness (QED) is 0.548. The number of nitrogens with zero attached hydrogens (tertiary/aromatic N) is 1. The number of hydrogen-bond acceptors (Lipinski definition) is 3. The van der Waals surface area contributed by atoms with Crippen molar-refractivity contribution in [2.75, 3.05) is 19.6 Å². The lowest BCUT2D eigenvalue weighted by Gasteiger charge is -2.24. The van der Waals surface area contributed by atoms with Gasteiger partial charge in [0.1, 0.15) is 12.1 Å². The van der Waals surface area contributed by atoms with Gasteiger partial charge in [0.25, 0.3) is 0 Å². The fourth-order valence-electron chi connectivity index (χ4n) is 1.26. The second kappa shape index (κ2) is 4.23. The minimum atomic E-state index is 0.354. The topological polar surface area (TPSA) is 37.4 Å². The van der Waals surface area contributed by atoms with Crippen LogP contribution >= 0.6 is 0 Å². The van der Waals surface area contributed by atoms with Crippen molar-refractivity contribution in [1.29, 1.82) is 0 Å².